The van der Waals surface area contributed by atoms with Crippen LogP contribution in [0, 0.1) is 0 Å². The third-order valence-corrected chi connectivity index (χ3v) is 3.48. The zero-order valence-corrected chi connectivity index (χ0v) is 11.8. The van der Waals surface area contributed by atoms with Crippen LogP contribution >= 0.6 is 22.9 Å². The van der Waals surface area contributed by atoms with Crippen LogP contribution in [0.2, 0.25) is 0 Å². The summed E-state index contributed by atoms with van der Waals surface area (Å²) in [7, 11) is 0. The lowest BCUT2D eigenvalue weighted by atomic mass is 10.2. The predicted molar refractivity (Wildman–Crippen MR) is 75.8 cm³/mol. The second-order valence-electron chi connectivity index (χ2n) is 3.77. The average molecular weight is 283 g/mol. The number of rotatable bonds is 6. The second kappa shape index (κ2) is 6.66. The maximum absolute atomic E-state index is 5.81. The molecule has 0 unspecified atom stereocenters. The first-order valence-corrected chi connectivity index (χ1v) is 7.26. The lowest BCUT2D eigenvalue weighted by Gasteiger charge is -2.12. The topological polar surface area (TPSA) is 18.5 Å². The lowest BCUT2D eigenvalue weighted by Crippen LogP contribution is -1.99. The number of hydrogen-bond donors (Lipinski definition) is 0. The maximum Gasteiger partial charge on any atom is 0.161 e. The standard InChI is InChI=1S/C14H15ClO2S/c1-2-16-14-7-11(8-15)3-4-13(14)17-9-12-5-6-18-10-12/h3-7,10H,2,8-9H2,1H3. The van der Waals surface area contributed by atoms with E-state index in [-0.39, 0.29) is 0 Å². The van der Waals surface area contributed by atoms with Crippen LogP contribution in [-0.2, 0) is 12.5 Å². The minimum Gasteiger partial charge on any atom is -0.490 e. The van der Waals surface area contributed by atoms with E-state index in [0.717, 1.165) is 17.1 Å². The second-order valence-corrected chi connectivity index (χ2v) is 4.82. The van der Waals surface area contributed by atoms with Gasteiger partial charge in [0.05, 0.1) is 6.61 Å². The van der Waals surface area contributed by atoms with E-state index >= 15 is 0 Å². The van der Waals surface area contributed by atoms with Crippen LogP contribution in [0.1, 0.15) is 18.1 Å². The molecule has 0 radical (unpaired) electrons. The molecular formula is C14H15ClO2S. The van der Waals surface area contributed by atoms with Crippen molar-refractivity contribution >= 4 is 22.9 Å². The molecule has 96 valence electrons. The Kier molecular flexibility index (Phi) is 4.90. The summed E-state index contributed by atoms with van der Waals surface area (Å²) in [5.41, 5.74) is 2.20. The van der Waals surface area contributed by atoms with E-state index in [1.165, 1.54) is 5.56 Å². The monoisotopic (exact) mass is 282 g/mol. The molecule has 0 aliphatic heterocycles. The number of thiophene rings is 1. The summed E-state index contributed by atoms with van der Waals surface area (Å²) in [6, 6.07) is 7.85. The van der Waals surface area contributed by atoms with Gasteiger partial charge in [0.1, 0.15) is 6.61 Å². The molecule has 0 saturated heterocycles. The highest BCUT2D eigenvalue weighted by Gasteiger charge is 2.06. The lowest BCUT2D eigenvalue weighted by molar-refractivity contribution is 0.269. The third kappa shape index (κ3) is 3.40. The first-order valence-electron chi connectivity index (χ1n) is 5.79. The minimum absolute atomic E-state index is 0.477. The highest BCUT2D eigenvalue weighted by atomic mass is 35.5. The van der Waals surface area contributed by atoms with Crippen molar-refractivity contribution in [3.05, 3.63) is 46.2 Å². The Morgan fingerprint density at radius 1 is 1.11 bits per heavy atom. The first-order chi connectivity index (χ1) is 8.83. The Morgan fingerprint density at radius 2 is 2.00 bits per heavy atom. The number of hydrogen-bond acceptors (Lipinski definition) is 3. The summed E-state index contributed by atoms with van der Waals surface area (Å²) in [6.45, 7) is 3.13. The Balaban J connectivity index is 2.10. The van der Waals surface area contributed by atoms with Crippen molar-refractivity contribution in [1.82, 2.24) is 0 Å². The molecule has 1 aromatic carbocycles. The van der Waals surface area contributed by atoms with E-state index in [1.54, 1.807) is 11.3 Å². The molecule has 0 spiro atoms. The Hall–Kier alpha value is -1.19. The number of alkyl halides is 1. The van der Waals surface area contributed by atoms with Gasteiger partial charge in [0.25, 0.3) is 0 Å². The smallest absolute Gasteiger partial charge is 0.161 e. The van der Waals surface area contributed by atoms with Crippen LogP contribution in [0.3, 0.4) is 0 Å². The van der Waals surface area contributed by atoms with Gasteiger partial charge < -0.3 is 9.47 Å². The van der Waals surface area contributed by atoms with E-state index in [2.05, 4.69) is 11.4 Å². The van der Waals surface area contributed by atoms with Crippen LogP contribution in [0.4, 0.5) is 0 Å². The molecule has 0 N–H and O–H groups in total. The van der Waals surface area contributed by atoms with Crippen molar-refractivity contribution < 1.29 is 9.47 Å². The molecule has 0 amide bonds. The summed E-state index contributed by atoms with van der Waals surface area (Å²) in [5, 5.41) is 4.12. The van der Waals surface area contributed by atoms with Crippen molar-refractivity contribution in [2.24, 2.45) is 0 Å². The molecule has 0 aliphatic rings. The van der Waals surface area contributed by atoms with Crippen LogP contribution in [-0.4, -0.2) is 6.61 Å². The molecule has 4 heteroatoms. The molecule has 2 aromatic rings. The van der Waals surface area contributed by atoms with Gasteiger partial charge in [-0.05, 0) is 47.0 Å². The van der Waals surface area contributed by atoms with E-state index in [9.17, 15) is 0 Å². The van der Waals surface area contributed by atoms with Gasteiger partial charge in [0, 0.05) is 5.88 Å². The molecule has 0 bridgehead atoms. The van der Waals surface area contributed by atoms with Crippen LogP contribution in [0.5, 0.6) is 11.5 Å². The van der Waals surface area contributed by atoms with Gasteiger partial charge in [-0.15, -0.1) is 11.6 Å². The molecule has 0 atom stereocenters. The highest BCUT2D eigenvalue weighted by molar-refractivity contribution is 7.07. The normalized spacial score (nSPS) is 10.3. The SMILES string of the molecule is CCOc1cc(CCl)ccc1OCc1ccsc1. The van der Waals surface area contributed by atoms with Crippen LogP contribution in [0.25, 0.3) is 0 Å². The summed E-state index contributed by atoms with van der Waals surface area (Å²) in [4.78, 5) is 0. The van der Waals surface area contributed by atoms with E-state index in [0.29, 0.717) is 19.1 Å². The van der Waals surface area contributed by atoms with E-state index in [1.807, 2.05) is 30.5 Å². The zero-order valence-electron chi connectivity index (χ0n) is 10.2. The summed E-state index contributed by atoms with van der Waals surface area (Å²) in [6.07, 6.45) is 0. The molecule has 0 saturated carbocycles. The third-order valence-electron chi connectivity index (χ3n) is 2.44. The van der Waals surface area contributed by atoms with Gasteiger partial charge >= 0.3 is 0 Å². The summed E-state index contributed by atoms with van der Waals surface area (Å²) < 4.78 is 11.3. The number of halogens is 1. The molecule has 0 fully saturated rings. The predicted octanol–water partition coefficient (Wildman–Crippen LogP) is 4.46. The Labute approximate surface area is 116 Å². The fraction of sp³-hybridized carbons (Fsp3) is 0.286. The maximum atomic E-state index is 5.81. The molecule has 0 aliphatic carbocycles. The van der Waals surface area contributed by atoms with Crippen molar-refractivity contribution in [3.8, 4) is 11.5 Å². The largest absolute Gasteiger partial charge is 0.490 e. The number of benzene rings is 1. The fourth-order valence-corrected chi connectivity index (χ4v) is 2.38. The summed E-state index contributed by atoms with van der Waals surface area (Å²) >= 11 is 7.48. The van der Waals surface area contributed by atoms with Gasteiger partial charge in [0.2, 0.25) is 0 Å². The van der Waals surface area contributed by atoms with Crippen LogP contribution < -0.4 is 9.47 Å². The average Bonchev–Trinajstić information content (AvgIpc) is 2.90. The van der Waals surface area contributed by atoms with Gasteiger partial charge in [-0.1, -0.05) is 6.07 Å². The van der Waals surface area contributed by atoms with Gasteiger partial charge in [0.15, 0.2) is 11.5 Å². The fourth-order valence-electron chi connectivity index (χ4n) is 1.56. The van der Waals surface area contributed by atoms with Gasteiger partial charge in [-0.25, -0.2) is 0 Å². The summed E-state index contributed by atoms with van der Waals surface area (Å²) in [5.74, 6) is 1.99. The molecule has 18 heavy (non-hydrogen) atoms. The van der Waals surface area contributed by atoms with Crippen LogP contribution in [0.15, 0.2) is 35.0 Å². The van der Waals surface area contributed by atoms with Crippen molar-refractivity contribution in [3.63, 3.8) is 0 Å². The molecular weight excluding hydrogens is 268 g/mol. The van der Waals surface area contributed by atoms with Crippen molar-refractivity contribution in [1.29, 1.82) is 0 Å². The minimum atomic E-state index is 0.477. The van der Waals surface area contributed by atoms with Gasteiger partial charge in [-0.3, -0.25) is 0 Å². The number of ether oxygens (including phenoxy) is 2. The molecule has 1 aromatic heterocycles. The Morgan fingerprint density at radius 3 is 2.67 bits per heavy atom. The molecule has 1 heterocycles. The Bertz CT molecular complexity index is 483. The molecule has 2 nitrogen and oxygen atoms in total. The quantitative estimate of drug-likeness (QED) is 0.728. The first kappa shape index (κ1) is 13.2. The molecule has 2 rings (SSSR count). The zero-order chi connectivity index (χ0) is 12.8. The van der Waals surface area contributed by atoms with Crippen molar-refractivity contribution in [2.75, 3.05) is 6.61 Å². The highest BCUT2D eigenvalue weighted by Crippen LogP contribution is 2.30. The van der Waals surface area contributed by atoms with Crippen molar-refractivity contribution in [2.45, 2.75) is 19.4 Å². The van der Waals surface area contributed by atoms with E-state index < -0.39 is 0 Å². The van der Waals surface area contributed by atoms with E-state index in [4.69, 9.17) is 21.1 Å². The van der Waals surface area contributed by atoms with Gasteiger partial charge in [-0.2, -0.15) is 11.3 Å².